The maximum atomic E-state index is 8.63. The van der Waals surface area contributed by atoms with Crippen molar-refractivity contribution in [1.29, 1.82) is 5.26 Å². The molecule has 0 bridgehead atoms. The Labute approximate surface area is 122 Å². The fourth-order valence-electron chi connectivity index (χ4n) is 2.96. The summed E-state index contributed by atoms with van der Waals surface area (Å²) in [4.78, 5) is 5.07. The number of hydrogen-bond acceptors (Lipinski definition) is 3. The Morgan fingerprint density at radius 2 is 1.95 bits per heavy atom. The molecule has 1 aromatic rings. The van der Waals surface area contributed by atoms with Crippen molar-refractivity contribution >= 4 is 0 Å². The predicted octanol–water partition coefficient (Wildman–Crippen LogP) is 2.89. The molecule has 1 fully saturated rings. The van der Waals surface area contributed by atoms with Crippen LogP contribution in [0.15, 0.2) is 30.3 Å². The average molecular weight is 271 g/mol. The SMILES string of the molecule is CC1(C)CN(CCCC#N)CCN1Cc1ccccc1. The van der Waals surface area contributed by atoms with E-state index in [0.29, 0.717) is 6.42 Å². The molecule has 1 heterocycles. The van der Waals surface area contributed by atoms with Gasteiger partial charge in [0.2, 0.25) is 0 Å². The van der Waals surface area contributed by atoms with Crippen LogP contribution in [0.5, 0.6) is 0 Å². The second-order valence-corrected chi connectivity index (χ2v) is 6.26. The van der Waals surface area contributed by atoms with Gasteiger partial charge in [-0.1, -0.05) is 30.3 Å². The Morgan fingerprint density at radius 1 is 1.20 bits per heavy atom. The average Bonchev–Trinajstić information content (AvgIpc) is 2.43. The maximum Gasteiger partial charge on any atom is 0.0622 e. The van der Waals surface area contributed by atoms with Gasteiger partial charge in [-0.25, -0.2) is 0 Å². The van der Waals surface area contributed by atoms with E-state index in [1.165, 1.54) is 5.56 Å². The van der Waals surface area contributed by atoms with E-state index < -0.39 is 0 Å². The lowest BCUT2D eigenvalue weighted by molar-refractivity contribution is 0.0136. The standard InChI is InChI=1S/C17H25N3/c1-17(2)15-19(11-7-6-10-18)12-13-20(17)14-16-8-4-3-5-9-16/h3-5,8-9H,6-7,11-15H2,1-2H3. The number of nitrogens with zero attached hydrogens (tertiary/aromatic N) is 3. The minimum atomic E-state index is 0.195. The van der Waals surface area contributed by atoms with Crippen LogP contribution in [0.25, 0.3) is 0 Å². The Kier molecular flexibility index (Phi) is 5.17. The molecule has 1 aromatic carbocycles. The third-order valence-electron chi connectivity index (χ3n) is 4.13. The lowest BCUT2D eigenvalue weighted by Gasteiger charge is -2.47. The van der Waals surface area contributed by atoms with Gasteiger partial charge in [0.25, 0.3) is 0 Å². The van der Waals surface area contributed by atoms with E-state index >= 15 is 0 Å². The van der Waals surface area contributed by atoms with Gasteiger partial charge in [0.1, 0.15) is 0 Å². The van der Waals surface area contributed by atoms with Crippen molar-refractivity contribution in [3.05, 3.63) is 35.9 Å². The van der Waals surface area contributed by atoms with E-state index in [2.05, 4.69) is 60.0 Å². The predicted molar refractivity (Wildman–Crippen MR) is 82.2 cm³/mol. The molecule has 0 N–H and O–H groups in total. The van der Waals surface area contributed by atoms with Gasteiger partial charge in [0.15, 0.2) is 0 Å². The molecule has 20 heavy (non-hydrogen) atoms. The van der Waals surface area contributed by atoms with Crippen LogP contribution in [0, 0.1) is 11.3 Å². The van der Waals surface area contributed by atoms with Crippen molar-refractivity contribution in [3.63, 3.8) is 0 Å². The lowest BCUT2D eigenvalue weighted by atomic mass is 9.97. The smallest absolute Gasteiger partial charge is 0.0622 e. The van der Waals surface area contributed by atoms with Gasteiger partial charge in [-0.2, -0.15) is 5.26 Å². The van der Waals surface area contributed by atoms with E-state index in [0.717, 1.165) is 39.1 Å². The van der Waals surface area contributed by atoms with Gasteiger partial charge in [-0.3, -0.25) is 4.90 Å². The van der Waals surface area contributed by atoms with Gasteiger partial charge >= 0.3 is 0 Å². The summed E-state index contributed by atoms with van der Waals surface area (Å²) in [7, 11) is 0. The second-order valence-electron chi connectivity index (χ2n) is 6.26. The first kappa shape index (κ1) is 15.0. The molecule has 1 aliphatic rings. The van der Waals surface area contributed by atoms with Gasteiger partial charge < -0.3 is 4.90 Å². The molecule has 108 valence electrons. The molecule has 0 spiro atoms. The van der Waals surface area contributed by atoms with Crippen LogP contribution in [-0.2, 0) is 6.54 Å². The monoisotopic (exact) mass is 271 g/mol. The highest BCUT2D eigenvalue weighted by molar-refractivity contribution is 5.15. The first-order valence-electron chi connectivity index (χ1n) is 7.50. The highest BCUT2D eigenvalue weighted by Crippen LogP contribution is 2.23. The Morgan fingerprint density at radius 3 is 2.60 bits per heavy atom. The van der Waals surface area contributed by atoms with Crippen LogP contribution in [0.4, 0.5) is 0 Å². The van der Waals surface area contributed by atoms with Crippen LogP contribution in [0.3, 0.4) is 0 Å². The molecule has 1 saturated heterocycles. The van der Waals surface area contributed by atoms with Crippen LogP contribution < -0.4 is 0 Å². The summed E-state index contributed by atoms with van der Waals surface area (Å²) in [5.41, 5.74) is 1.58. The van der Waals surface area contributed by atoms with Gasteiger partial charge in [0.05, 0.1) is 6.07 Å². The minimum absolute atomic E-state index is 0.195. The number of piperazine rings is 1. The number of hydrogen-bond donors (Lipinski definition) is 0. The van der Waals surface area contributed by atoms with Crippen molar-refractivity contribution in [3.8, 4) is 6.07 Å². The van der Waals surface area contributed by atoms with E-state index in [4.69, 9.17) is 5.26 Å². The molecular formula is C17H25N3. The third kappa shape index (κ3) is 4.06. The van der Waals surface area contributed by atoms with E-state index in [1.807, 2.05) is 0 Å². The van der Waals surface area contributed by atoms with Crippen LogP contribution in [-0.4, -0.2) is 41.5 Å². The van der Waals surface area contributed by atoms with E-state index in [9.17, 15) is 0 Å². The van der Waals surface area contributed by atoms with Crippen molar-refractivity contribution in [2.75, 3.05) is 26.2 Å². The van der Waals surface area contributed by atoms with Gasteiger partial charge in [0, 0.05) is 38.1 Å². The number of unbranched alkanes of at least 4 members (excludes halogenated alkanes) is 1. The zero-order valence-electron chi connectivity index (χ0n) is 12.7. The first-order chi connectivity index (χ1) is 9.62. The van der Waals surface area contributed by atoms with Crippen molar-refractivity contribution in [1.82, 2.24) is 9.80 Å². The lowest BCUT2D eigenvalue weighted by Crippen LogP contribution is -2.58. The molecule has 0 amide bonds. The molecule has 2 rings (SSSR count). The molecule has 3 heteroatoms. The highest BCUT2D eigenvalue weighted by atomic mass is 15.3. The van der Waals surface area contributed by atoms with E-state index in [1.54, 1.807) is 0 Å². The Balaban J connectivity index is 1.89. The molecule has 0 saturated carbocycles. The molecule has 0 unspecified atom stereocenters. The Hall–Kier alpha value is -1.37. The van der Waals surface area contributed by atoms with Crippen LogP contribution in [0.1, 0.15) is 32.3 Å². The summed E-state index contributed by atoms with van der Waals surface area (Å²) < 4.78 is 0. The fraction of sp³-hybridized carbons (Fsp3) is 0.588. The van der Waals surface area contributed by atoms with Crippen molar-refractivity contribution in [2.45, 2.75) is 38.8 Å². The zero-order valence-corrected chi connectivity index (χ0v) is 12.7. The molecule has 1 aliphatic heterocycles. The Bertz CT molecular complexity index is 447. The molecule has 0 aliphatic carbocycles. The number of nitriles is 1. The largest absolute Gasteiger partial charge is 0.300 e. The van der Waals surface area contributed by atoms with Crippen LogP contribution >= 0.6 is 0 Å². The first-order valence-corrected chi connectivity index (χ1v) is 7.50. The quantitative estimate of drug-likeness (QED) is 0.771. The maximum absolute atomic E-state index is 8.63. The normalized spacial score (nSPS) is 19.6. The molecule has 0 atom stereocenters. The molecule has 0 aromatic heterocycles. The highest BCUT2D eigenvalue weighted by Gasteiger charge is 2.33. The van der Waals surface area contributed by atoms with E-state index in [-0.39, 0.29) is 5.54 Å². The van der Waals surface area contributed by atoms with Crippen molar-refractivity contribution in [2.24, 2.45) is 0 Å². The van der Waals surface area contributed by atoms with Gasteiger partial charge in [-0.05, 0) is 32.4 Å². The summed E-state index contributed by atoms with van der Waals surface area (Å²) in [5.74, 6) is 0. The van der Waals surface area contributed by atoms with Crippen molar-refractivity contribution < 1.29 is 0 Å². The summed E-state index contributed by atoms with van der Waals surface area (Å²) in [5, 5.41) is 8.63. The molecular weight excluding hydrogens is 246 g/mol. The summed E-state index contributed by atoms with van der Waals surface area (Å²) in [6, 6.07) is 12.9. The summed E-state index contributed by atoms with van der Waals surface area (Å²) in [6.45, 7) is 10.0. The third-order valence-corrected chi connectivity index (χ3v) is 4.13. The molecule has 0 radical (unpaired) electrons. The topological polar surface area (TPSA) is 30.3 Å². The molecule has 3 nitrogen and oxygen atoms in total. The van der Waals surface area contributed by atoms with Gasteiger partial charge in [-0.15, -0.1) is 0 Å². The number of benzene rings is 1. The summed E-state index contributed by atoms with van der Waals surface area (Å²) >= 11 is 0. The zero-order chi connectivity index (χ0) is 14.4. The minimum Gasteiger partial charge on any atom is -0.300 e. The number of rotatable bonds is 5. The van der Waals surface area contributed by atoms with Crippen LogP contribution in [0.2, 0.25) is 0 Å². The summed E-state index contributed by atoms with van der Waals surface area (Å²) in [6.07, 6.45) is 1.66. The second kappa shape index (κ2) is 6.88. The fourth-order valence-corrected chi connectivity index (χ4v) is 2.96.